The van der Waals surface area contributed by atoms with Crippen molar-refractivity contribution in [1.82, 2.24) is 30.8 Å². The summed E-state index contributed by atoms with van der Waals surface area (Å²) >= 11 is 0. The van der Waals surface area contributed by atoms with Crippen molar-refractivity contribution in [3.63, 3.8) is 0 Å². The topological polar surface area (TPSA) is 294 Å². The quantitative estimate of drug-likeness (QED) is 0.0589. The molecule has 11 N–H and O–H groups in total. The molecule has 0 saturated carbocycles. The first kappa shape index (κ1) is 49.5. The smallest absolute Gasteiger partial charge is 0.336 e. The number of halogens is 1. The van der Waals surface area contributed by atoms with Crippen molar-refractivity contribution in [2.75, 3.05) is 59.2 Å². The van der Waals surface area contributed by atoms with E-state index in [2.05, 4.69) is 28.2 Å². The molecule has 0 aliphatic carbocycles. The van der Waals surface area contributed by atoms with Crippen LogP contribution in [0, 0.1) is 29.5 Å². The van der Waals surface area contributed by atoms with E-state index >= 15 is 0 Å². The van der Waals surface area contributed by atoms with E-state index in [9.17, 15) is 53.9 Å². The zero-order valence-electron chi connectivity index (χ0n) is 32.2. The molecule has 1 aromatic rings. The number of nitrogens with zero attached hydrogens (tertiary/aromatic N) is 1. The summed E-state index contributed by atoms with van der Waals surface area (Å²) < 4.78 is 25.1. The van der Waals surface area contributed by atoms with Crippen LogP contribution in [0.4, 0.5) is 14.0 Å². The molecule has 2 heterocycles. The standard InChI is InChI=1S/C20H39NO8.C15H24FN5O5/c1-5-6-21-20(27)19(26)18(25)14(15(24)7-22)9-28-10-17-13(4)11(2)12(3)16(8-23)29-17;16-11-10-21(15(26)20-12(11)23)14(25)19-7-4-2-1-3-6-17-13(24)18-8-5-9-22/h11-19,22-26H,5-10H2,1-4H3,(H,21,27);10,22H,1-9H2,(H,19,25)(H2,17,18,24)(H,20,23,26). The predicted octanol–water partition coefficient (Wildman–Crippen LogP) is -1.64. The highest BCUT2D eigenvalue weighted by atomic mass is 19.1. The number of hydrogen-bond donors (Lipinski definition) is 11. The molecule has 0 aromatic carbocycles. The van der Waals surface area contributed by atoms with Crippen molar-refractivity contribution in [2.24, 2.45) is 23.7 Å². The van der Waals surface area contributed by atoms with E-state index in [1.165, 1.54) is 0 Å². The summed E-state index contributed by atoms with van der Waals surface area (Å²) in [7, 11) is 0. The van der Waals surface area contributed by atoms with Crippen molar-refractivity contribution in [3.8, 4) is 0 Å². The number of ether oxygens (including phenoxy) is 2. The third-order valence-electron chi connectivity index (χ3n) is 9.62. The van der Waals surface area contributed by atoms with E-state index in [0.29, 0.717) is 62.1 Å². The summed E-state index contributed by atoms with van der Waals surface area (Å²) in [6, 6.07) is -1.09. The van der Waals surface area contributed by atoms with Gasteiger partial charge in [0.15, 0.2) is 6.10 Å². The first-order valence-corrected chi connectivity index (χ1v) is 18.8. The average Bonchev–Trinajstić information content (AvgIpc) is 3.17. The second-order valence-corrected chi connectivity index (χ2v) is 13.7. The molecule has 9 unspecified atom stereocenters. The normalized spacial score (nSPS) is 21.6. The Balaban J connectivity index is 0.000000553. The minimum atomic E-state index is -1.75. The molecule has 9 atom stereocenters. The van der Waals surface area contributed by atoms with Gasteiger partial charge in [0.2, 0.25) is 5.82 Å². The molecular weight excluding hydrogens is 731 g/mol. The number of carbonyl (C=O) groups excluding carboxylic acids is 3. The molecule has 0 spiro atoms. The number of hydrogen-bond acceptors (Lipinski definition) is 13. The Morgan fingerprint density at radius 3 is 2.05 bits per heavy atom. The van der Waals surface area contributed by atoms with Gasteiger partial charge in [0.1, 0.15) is 0 Å². The summed E-state index contributed by atoms with van der Waals surface area (Å²) in [4.78, 5) is 59.0. The molecule has 2 rings (SSSR count). The summed E-state index contributed by atoms with van der Waals surface area (Å²) in [5, 5.41) is 68.1. The first-order valence-electron chi connectivity index (χ1n) is 18.8. The Kier molecular flexibility index (Phi) is 24.5. The van der Waals surface area contributed by atoms with Gasteiger partial charge in [-0.1, -0.05) is 40.5 Å². The van der Waals surface area contributed by atoms with Crippen molar-refractivity contribution in [2.45, 2.75) is 96.7 Å². The summed E-state index contributed by atoms with van der Waals surface area (Å²) in [5.41, 5.74) is -2.17. The van der Waals surface area contributed by atoms with Crippen LogP contribution in [0.1, 0.15) is 66.2 Å². The summed E-state index contributed by atoms with van der Waals surface area (Å²) in [5.74, 6) is -2.34. The van der Waals surface area contributed by atoms with Crippen molar-refractivity contribution in [1.29, 1.82) is 0 Å². The van der Waals surface area contributed by atoms with E-state index in [-0.39, 0.29) is 56.5 Å². The number of unbranched alkanes of at least 4 members (excludes halogenated alkanes) is 3. The molecule has 55 heavy (non-hydrogen) atoms. The zero-order valence-corrected chi connectivity index (χ0v) is 32.2. The fourth-order valence-electron chi connectivity index (χ4n) is 5.69. The van der Waals surface area contributed by atoms with Gasteiger partial charge < -0.3 is 61.4 Å². The van der Waals surface area contributed by atoms with Gasteiger partial charge in [0.05, 0.1) is 57.0 Å². The molecule has 1 aliphatic rings. The number of carbonyl (C=O) groups is 3. The lowest BCUT2D eigenvalue weighted by Gasteiger charge is -2.43. The summed E-state index contributed by atoms with van der Waals surface area (Å²) in [6.45, 7) is 8.89. The largest absolute Gasteiger partial charge is 0.396 e. The van der Waals surface area contributed by atoms with Gasteiger partial charge in [-0.3, -0.25) is 14.6 Å². The monoisotopic (exact) mass is 794 g/mol. The number of nitrogens with one attached hydrogen (secondary N) is 5. The van der Waals surface area contributed by atoms with Crippen LogP contribution in [0.5, 0.6) is 0 Å². The number of rotatable bonds is 22. The number of aliphatic hydroxyl groups is 6. The first-order chi connectivity index (χ1) is 26.1. The van der Waals surface area contributed by atoms with Gasteiger partial charge in [-0.05, 0) is 43.4 Å². The minimum absolute atomic E-state index is 0.0304. The number of H-pyrrole nitrogens is 1. The van der Waals surface area contributed by atoms with E-state index in [4.69, 9.17) is 14.6 Å². The lowest BCUT2D eigenvalue weighted by Crippen LogP contribution is -2.51. The second-order valence-electron chi connectivity index (χ2n) is 13.7. The highest BCUT2D eigenvalue weighted by Crippen LogP contribution is 2.35. The molecule has 4 amide bonds. The molecule has 1 aromatic heterocycles. The molecule has 1 aliphatic heterocycles. The molecule has 0 bridgehead atoms. The molecule has 0 radical (unpaired) electrons. The van der Waals surface area contributed by atoms with Crippen molar-refractivity contribution in [3.05, 3.63) is 32.9 Å². The molecule has 1 saturated heterocycles. The van der Waals surface area contributed by atoms with Crippen LogP contribution in [0.3, 0.4) is 0 Å². The van der Waals surface area contributed by atoms with Gasteiger partial charge in [-0.25, -0.2) is 19.0 Å². The Morgan fingerprint density at radius 2 is 1.47 bits per heavy atom. The minimum Gasteiger partial charge on any atom is -0.396 e. The number of aromatic nitrogens is 2. The highest BCUT2D eigenvalue weighted by Gasteiger charge is 2.40. The molecule has 1 fully saturated rings. The van der Waals surface area contributed by atoms with Crippen molar-refractivity contribution < 1.29 is 58.9 Å². The molecular formula is C35H63FN6O13. The van der Waals surface area contributed by atoms with E-state index < -0.39 is 59.8 Å². The predicted molar refractivity (Wildman–Crippen MR) is 198 cm³/mol. The fraction of sp³-hybridized carbons (Fsp3) is 0.800. The molecule has 20 heteroatoms. The number of aromatic amines is 1. The number of aliphatic hydroxyl groups excluding tert-OH is 6. The van der Waals surface area contributed by atoms with E-state index in [1.54, 1.807) is 4.98 Å². The van der Waals surface area contributed by atoms with Crippen LogP contribution < -0.4 is 32.5 Å². The zero-order chi connectivity index (χ0) is 41.5. The van der Waals surface area contributed by atoms with Crippen LogP contribution in [-0.4, -0.2) is 148 Å². The second kappa shape index (κ2) is 27.2. The SMILES string of the molecule is CCCNC(=O)C(O)C(O)C(COCC1OC(CO)C(C)C(C)C1C)C(O)CO.O=C(NCCCO)NCCCCCCNC(=O)n1cc(F)c(=O)[nH]c1=O. The van der Waals surface area contributed by atoms with Gasteiger partial charge in [0.25, 0.3) is 11.5 Å². The van der Waals surface area contributed by atoms with Crippen LogP contribution in [-0.2, 0) is 14.3 Å². The molecule has 19 nitrogen and oxygen atoms in total. The number of amides is 4. The highest BCUT2D eigenvalue weighted by molar-refractivity contribution is 5.81. The van der Waals surface area contributed by atoms with Gasteiger partial charge in [-0.15, -0.1) is 0 Å². The Labute approximate surface area is 320 Å². The average molecular weight is 795 g/mol. The summed E-state index contributed by atoms with van der Waals surface area (Å²) in [6.07, 6.45) is -0.514. The van der Waals surface area contributed by atoms with Gasteiger partial charge in [0, 0.05) is 38.7 Å². The van der Waals surface area contributed by atoms with E-state index in [1.807, 2.05) is 20.8 Å². The Hall–Kier alpha value is -3.50. The van der Waals surface area contributed by atoms with Crippen molar-refractivity contribution >= 4 is 18.0 Å². The fourth-order valence-corrected chi connectivity index (χ4v) is 5.69. The van der Waals surface area contributed by atoms with Crippen LogP contribution >= 0.6 is 0 Å². The lowest BCUT2D eigenvalue weighted by atomic mass is 9.77. The number of urea groups is 1. The molecule has 318 valence electrons. The maximum atomic E-state index is 13.1. The maximum absolute atomic E-state index is 13.1. The van der Waals surface area contributed by atoms with Crippen LogP contribution in [0.15, 0.2) is 15.8 Å². The van der Waals surface area contributed by atoms with E-state index in [0.717, 1.165) is 19.3 Å². The Bertz CT molecular complexity index is 1380. The Morgan fingerprint density at radius 1 is 0.873 bits per heavy atom. The lowest BCUT2D eigenvalue weighted by molar-refractivity contribution is -0.175. The third kappa shape index (κ3) is 17.5. The van der Waals surface area contributed by atoms with Gasteiger partial charge >= 0.3 is 17.8 Å². The maximum Gasteiger partial charge on any atom is 0.336 e. The van der Waals surface area contributed by atoms with Crippen LogP contribution in [0.25, 0.3) is 0 Å². The van der Waals surface area contributed by atoms with Crippen LogP contribution in [0.2, 0.25) is 0 Å². The van der Waals surface area contributed by atoms with Gasteiger partial charge in [-0.2, -0.15) is 4.39 Å². The third-order valence-corrected chi connectivity index (χ3v) is 9.62.